The van der Waals surface area contributed by atoms with E-state index < -0.39 is 0 Å². The summed E-state index contributed by atoms with van der Waals surface area (Å²) < 4.78 is 0. The van der Waals surface area contributed by atoms with Gasteiger partial charge in [0.2, 0.25) is 0 Å². The summed E-state index contributed by atoms with van der Waals surface area (Å²) in [6.45, 7) is 1.11. The van der Waals surface area contributed by atoms with Crippen molar-refractivity contribution < 1.29 is 0 Å². The first-order chi connectivity index (χ1) is 7.57. The van der Waals surface area contributed by atoms with E-state index in [0.29, 0.717) is 0 Å². The molecule has 0 heterocycles. The van der Waals surface area contributed by atoms with Crippen molar-refractivity contribution in [1.82, 2.24) is 4.90 Å². The Kier molecular flexibility index (Phi) is 3.31. The number of hydrogen-bond donors (Lipinski definition) is 1. The van der Waals surface area contributed by atoms with Crippen LogP contribution in [0.3, 0.4) is 0 Å². The van der Waals surface area contributed by atoms with Crippen LogP contribution in [0, 0.1) is 0 Å². The van der Waals surface area contributed by atoms with Crippen molar-refractivity contribution in [3.05, 3.63) is 35.4 Å². The zero-order valence-corrected chi connectivity index (χ0v) is 10.4. The molecule has 1 aliphatic carbocycles. The lowest BCUT2D eigenvalue weighted by Crippen LogP contribution is -2.24. The van der Waals surface area contributed by atoms with Gasteiger partial charge in [-0.2, -0.15) is 0 Å². The molecule has 88 valence electrons. The Morgan fingerprint density at radius 2 is 1.69 bits per heavy atom. The third kappa shape index (κ3) is 3.32. The Balaban J connectivity index is 1.88. The molecule has 16 heavy (non-hydrogen) atoms. The molecule has 0 unspecified atom stereocenters. The zero-order chi connectivity index (χ0) is 11.6. The van der Waals surface area contributed by atoms with Crippen molar-refractivity contribution in [2.45, 2.75) is 31.2 Å². The molecule has 1 fully saturated rings. The van der Waals surface area contributed by atoms with Gasteiger partial charge < -0.3 is 10.6 Å². The molecule has 2 rings (SSSR count). The van der Waals surface area contributed by atoms with E-state index in [1.807, 2.05) is 0 Å². The Bertz CT molecular complexity index is 336. The topological polar surface area (TPSA) is 29.3 Å². The van der Waals surface area contributed by atoms with Crippen molar-refractivity contribution in [2.24, 2.45) is 5.73 Å². The highest BCUT2D eigenvalue weighted by atomic mass is 15.0. The van der Waals surface area contributed by atoms with Gasteiger partial charge in [-0.1, -0.05) is 24.3 Å². The molecule has 0 aromatic heterocycles. The maximum absolute atomic E-state index is 6.11. The number of nitrogens with zero attached hydrogens (tertiary/aromatic N) is 1. The van der Waals surface area contributed by atoms with Crippen LogP contribution in [0.1, 0.15) is 24.0 Å². The summed E-state index contributed by atoms with van der Waals surface area (Å²) in [6.07, 6.45) is 4.55. The van der Waals surface area contributed by atoms with E-state index in [9.17, 15) is 0 Å². The van der Waals surface area contributed by atoms with Gasteiger partial charge in [-0.05, 0) is 50.9 Å². The molecule has 2 nitrogen and oxygen atoms in total. The molecule has 0 aliphatic heterocycles. The first-order valence-electron chi connectivity index (χ1n) is 6.09. The molecule has 0 bridgehead atoms. The number of hydrogen-bond acceptors (Lipinski definition) is 2. The minimum Gasteiger partial charge on any atom is -0.325 e. The Morgan fingerprint density at radius 1 is 1.12 bits per heavy atom. The average molecular weight is 218 g/mol. The van der Waals surface area contributed by atoms with Crippen molar-refractivity contribution in [3.8, 4) is 0 Å². The van der Waals surface area contributed by atoms with Gasteiger partial charge in [0.1, 0.15) is 0 Å². The van der Waals surface area contributed by atoms with Gasteiger partial charge in [-0.15, -0.1) is 0 Å². The lowest BCUT2D eigenvalue weighted by atomic mass is 10.0. The van der Waals surface area contributed by atoms with Crippen LogP contribution in [-0.4, -0.2) is 31.1 Å². The minimum atomic E-state index is 0.130. The van der Waals surface area contributed by atoms with E-state index in [1.165, 1.54) is 24.0 Å². The van der Waals surface area contributed by atoms with Crippen molar-refractivity contribution in [1.29, 1.82) is 0 Å². The molecule has 1 aromatic carbocycles. The number of rotatable bonds is 5. The van der Waals surface area contributed by atoms with Gasteiger partial charge >= 0.3 is 0 Å². The first-order valence-corrected chi connectivity index (χ1v) is 6.09. The quantitative estimate of drug-likeness (QED) is 0.817. The SMILES string of the molecule is CN(C)CCc1ccc(CC2(N)CC2)cc1. The highest BCUT2D eigenvalue weighted by Crippen LogP contribution is 2.35. The van der Waals surface area contributed by atoms with Crippen molar-refractivity contribution in [2.75, 3.05) is 20.6 Å². The monoisotopic (exact) mass is 218 g/mol. The summed E-state index contributed by atoms with van der Waals surface area (Å²) >= 11 is 0. The Hall–Kier alpha value is -0.860. The molecular formula is C14H22N2. The van der Waals surface area contributed by atoms with Crippen LogP contribution in [0.15, 0.2) is 24.3 Å². The van der Waals surface area contributed by atoms with Crippen molar-refractivity contribution >= 4 is 0 Å². The van der Waals surface area contributed by atoms with Gasteiger partial charge in [0, 0.05) is 12.1 Å². The predicted molar refractivity (Wildman–Crippen MR) is 68.6 cm³/mol. The van der Waals surface area contributed by atoms with Crippen LogP contribution < -0.4 is 5.73 Å². The van der Waals surface area contributed by atoms with E-state index in [0.717, 1.165) is 19.4 Å². The summed E-state index contributed by atoms with van der Waals surface area (Å²) in [7, 11) is 4.22. The van der Waals surface area contributed by atoms with E-state index in [4.69, 9.17) is 5.73 Å². The molecule has 1 aliphatic rings. The van der Waals surface area contributed by atoms with Gasteiger partial charge in [-0.25, -0.2) is 0 Å². The van der Waals surface area contributed by atoms with E-state index >= 15 is 0 Å². The third-order valence-electron chi connectivity index (χ3n) is 3.32. The fourth-order valence-electron chi connectivity index (χ4n) is 1.92. The number of likely N-dealkylation sites (N-methyl/N-ethyl adjacent to an activating group) is 1. The summed E-state index contributed by atoms with van der Waals surface area (Å²) in [4.78, 5) is 2.22. The zero-order valence-electron chi connectivity index (χ0n) is 10.4. The molecule has 2 heteroatoms. The normalized spacial score (nSPS) is 17.8. The molecule has 0 spiro atoms. The summed E-state index contributed by atoms with van der Waals surface area (Å²) in [5.41, 5.74) is 9.04. The second-order valence-corrected chi connectivity index (χ2v) is 5.41. The Morgan fingerprint density at radius 3 is 2.19 bits per heavy atom. The fraction of sp³-hybridized carbons (Fsp3) is 0.571. The highest BCUT2D eigenvalue weighted by molar-refractivity contribution is 5.25. The van der Waals surface area contributed by atoms with E-state index in [2.05, 4.69) is 43.3 Å². The lowest BCUT2D eigenvalue weighted by Gasteiger charge is -2.11. The second kappa shape index (κ2) is 4.56. The largest absolute Gasteiger partial charge is 0.325 e. The standard InChI is InChI=1S/C14H22N2/c1-16(2)10-7-12-3-5-13(6-4-12)11-14(15)8-9-14/h3-6H,7-11,15H2,1-2H3. The maximum Gasteiger partial charge on any atom is 0.0196 e. The van der Waals surface area contributed by atoms with E-state index in [-0.39, 0.29) is 5.54 Å². The summed E-state index contributed by atoms with van der Waals surface area (Å²) in [6, 6.07) is 8.95. The van der Waals surface area contributed by atoms with Crippen molar-refractivity contribution in [3.63, 3.8) is 0 Å². The molecule has 0 atom stereocenters. The van der Waals surface area contributed by atoms with Gasteiger partial charge in [0.05, 0.1) is 0 Å². The van der Waals surface area contributed by atoms with Gasteiger partial charge in [0.25, 0.3) is 0 Å². The van der Waals surface area contributed by atoms with Crippen LogP contribution in [-0.2, 0) is 12.8 Å². The predicted octanol–water partition coefficient (Wildman–Crippen LogP) is 1.82. The summed E-state index contributed by atoms with van der Waals surface area (Å²) in [5.74, 6) is 0. The molecule has 0 saturated heterocycles. The van der Waals surface area contributed by atoms with Crippen LogP contribution in [0.4, 0.5) is 0 Å². The van der Waals surface area contributed by atoms with Crippen LogP contribution in [0.2, 0.25) is 0 Å². The second-order valence-electron chi connectivity index (χ2n) is 5.41. The Labute approximate surface area is 98.4 Å². The lowest BCUT2D eigenvalue weighted by molar-refractivity contribution is 0.413. The minimum absolute atomic E-state index is 0.130. The smallest absolute Gasteiger partial charge is 0.0196 e. The molecule has 0 amide bonds. The molecular weight excluding hydrogens is 196 g/mol. The molecule has 1 aromatic rings. The maximum atomic E-state index is 6.11. The van der Waals surface area contributed by atoms with Crippen LogP contribution >= 0.6 is 0 Å². The van der Waals surface area contributed by atoms with E-state index in [1.54, 1.807) is 0 Å². The average Bonchev–Trinajstić information content (AvgIpc) is 2.95. The molecule has 0 radical (unpaired) electrons. The van der Waals surface area contributed by atoms with Crippen LogP contribution in [0.25, 0.3) is 0 Å². The third-order valence-corrected chi connectivity index (χ3v) is 3.32. The number of benzene rings is 1. The molecule has 1 saturated carbocycles. The van der Waals surface area contributed by atoms with Gasteiger partial charge in [0.15, 0.2) is 0 Å². The summed E-state index contributed by atoms with van der Waals surface area (Å²) in [5, 5.41) is 0. The fourth-order valence-corrected chi connectivity index (χ4v) is 1.92. The number of nitrogens with two attached hydrogens (primary N) is 1. The van der Waals surface area contributed by atoms with Crippen LogP contribution in [0.5, 0.6) is 0 Å². The molecule has 2 N–H and O–H groups in total. The first kappa shape index (κ1) is 11.6. The van der Waals surface area contributed by atoms with Gasteiger partial charge in [-0.3, -0.25) is 0 Å². The highest BCUT2D eigenvalue weighted by Gasteiger charge is 2.37.